The maximum absolute atomic E-state index is 11.0. The highest BCUT2D eigenvalue weighted by Crippen LogP contribution is 2.35. The number of hydrogen-bond acceptors (Lipinski definition) is 3. The number of pyridine rings is 1. The van der Waals surface area contributed by atoms with Crippen molar-refractivity contribution in [2.75, 3.05) is 11.9 Å². The highest BCUT2D eigenvalue weighted by molar-refractivity contribution is 5.54. The van der Waals surface area contributed by atoms with Crippen molar-refractivity contribution in [3.63, 3.8) is 0 Å². The molecule has 17 heavy (non-hydrogen) atoms. The second-order valence-electron chi connectivity index (χ2n) is 4.86. The van der Waals surface area contributed by atoms with Crippen molar-refractivity contribution < 1.29 is 4.79 Å². The molecule has 1 aromatic heterocycles. The van der Waals surface area contributed by atoms with Gasteiger partial charge in [0.15, 0.2) is 0 Å². The van der Waals surface area contributed by atoms with Crippen molar-refractivity contribution in [3.8, 4) is 0 Å². The molecule has 90 valence electrons. The zero-order chi connectivity index (χ0) is 11.7. The Balaban J connectivity index is 1.87. The third kappa shape index (κ3) is 2.12. The Labute approximate surface area is 101 Å². The van der Waals surface area contributed by atoms with Crippen molar-refractivity contribution in [1.82, 2.24) is 9.88 Å². The number of carbonyl (C=O) groups is 1. The van der Waals surface area contributed by atoms with E-state index in [1.165, 1.54) is 18.4 Å². The minimum atomic E-state index is 0.211. The maximum Gasteiger partial charge on any atom is 0.210 e. The first-order valence-electron chi connectivity index (χ1n) is 6.31. The first kappa shape index (κ1) is 10.6. The lowest BCUT2D eigenvalue weighted by Gasteiger charge is -2.22. The number of nitrogens with zero attached hydrogens (tertiary/aromatic N) is 2. The van der Waals surface area contributed by atoms with Crippen LogP contribution in [0.1, 0.15) is 37.3 Å². The minimum Gasteiger partial charge on any atom is -0.367 e. The van der Waals surface area contributed by atoms with E-state index in [-0.39, 0.29) is 6.04 Å². The molecule has 0 aromatic carbocycles. The molecule has 0 spiro atoms. The normalized spacial score (nSPS) is 23.8. The van der Waals surface area contributed by atoms with Crippen LogP contribution in [0.5, 0.6) is 0 Å². The predicted molar refractivity (Wildman–Crippen MR) is 65.6 cm³/mol. The average molecular weight is 231 g/mol. The molecule has 1 aliphatic heterocycles. The maximum atomic E-state index is 11.0. The van der Waals surface area contributed by atoms with Crippen LogP contribution in [-0.2, 0) is 4.79 Å². The number of hydrogen-bond donors (Lipinski definition) is 1. The number of anilines is 1. The number of nitrogens with one attached hydrogen (secondary N) is 1. The van der Waals surface area contributed by atoms with Crippen LogP contribution < -0.4 is 5.32 Å². The average Bonchev–Trinajstić information content (AvgIpc) is 3.05. The fraction of sp³-hybridized carbons (Fsp3) is 0.538. The summed E-state index contributed by atoms with van der Waals surface area (Å²) in [5, 5.41) is 3.45. The predicted octanol–water partition coefficient (Wildman–Crippen LogP) is 1.95. The van der Waals surface area contributed by atoms with Gasteiger partial charge in [0, 0.05) is 24.3 Å². The quantitative estimate of drug-likeness (QED) is 0.806. The molecule has 1 aromatic rings. The number of carbonyl (C=O) groups excluding carboxylic acids is 1. The van der Waals surface area contributed by atoms with Gasteiger partial charge in [0.25, 0.3) is 0 Å². The summed E-state index contributed by atoms with van der Waals surface area (Å²) in [6, 6.07) is 4.84. The lowest BCUT2D eigenvalue weighted by molar-refractivity contribution is -0.118. The van der Waals surface area contributed by atoms with E-state index in [0.29, 0.717) is 6.04 Å². The lowest BCUT2D eigenvalue weighted by atomic mass is 10.1. The van der Waals surface area contributed by atoms with Gasteiger partial charge in [-0.2, -0.15) is 0 Å². The number of aromatic nitrogens is 1. The van der Waals surface area contributed by atoms with Crippen LogP contribution in [-0.4, -0.2) is 28.9 Å². The summed E-state index contributed by atoms with van der Waals surface area (Å²) in [4.78, 5) is 17.3. The summed E-state index contributed by atoms with van der Waals surface area (Å²) >= 11 is 0. The summed E-state index contributed by atoms with van der Waals surface area (Å²) < 4.78 is 0. The first-order chi connectivity index (χ1) is 8.38. The first-order valence-corrected chi connectivity index (χ1v) is 6.31. The summed E-state index contributed by atoms with van der Waals surface area (Å²) in [6.45, 7) is 0.867. The highest BCUT2D eigenvalue weighted by atomic mass is 16.1. The van der Waals surface area contributed by atoms with Gasteiger partial charge < -0.3 is 10.2 Å². The van der Waals surface area contributed by atoms with Gasteiger partial charge in [-0.15, -0.1) is 0 Å². The van der Waals surface area contributed by atoms with Gasteiger partial charge in [-0.05, 0) is 31.7 Å². The van der Waals surface area contributed by atoms with E-state index < -0.39 is 0 Å². The zero-order valence-electron chi connectivity index (χ0n) is 9.80. The smallest absolute Gasteiger partial charge is 0.210 e. The molecule has 1 amide bonds. The number of likely N-dealkylation sites (tertiary alicyclic amines) is 1. The largest absolute Gasteiger partial charge is 0.367 e. The van der Waals surface area contributed by atoms with Gasteiger partial charge in [-0.1, -0.05) is 6.07 Å². The van der Waals surface area contributed by atoms with Gasteiger partial charge in [-0.3, -0.25) is 4.79 Å². The Morgan fingerprint density at radius 3 is 3.06 bits per heavy atom. The van der Waals surface area contributed by atoms with Crippen LogP contribution in [0.2, 0.25) is 0 Å². The molecule has 4 nitrogen and oxygen atoms in total. The lowest BCUT2D eigenvalue weighted by Crippen LogP contribution is -2.22. The van der Waals surface area contributed by atoms with Crippen molar-refractivity contribution in [1.29, 1.82) is 0 Å². The summed E-state index contributed by atoms with van der Waals surface area (Å²) in [5.74, 6) is 0.966. The zero-order valence-corrected chi connectivity index (χ0v) is 9.80. The molecule has 1 atom stereocenters. The molecule has 1 N–H and O–H groups in total. The van der Waals surface area contributed by atoms with Crippen LogP contribution in [0.4, 0.5) is 5.82 Å². The van der Waals surface area contributed by atoms with Gasteiger partial charge >= 0.3 is 0 Å². The third-order valence-electron chi connectivity index (χ3n) is 3.55. The van der Waals surface area contributed by atoms with Gasteiger partial charge in [-0.25, -0.2) is 4.98 Å². The minimum absolute atomic E-state index is 0.211. The molecule has 2 fully saturated rings. The highest BCUT2D eigenvalue weighted by Gasteiger charge is 2.29. The van der Waals surface area contributed by atoms with E-state index in [4.69, 9.17) is 0 Å². The van der Waals surface area contributed by atoms with Crippen LogP contribution in [0.3, 0.4) is 0 Å². The van der Waals surface area contributed by atoms with E-state index in [2.05, 4.69) is 16.4 Å². The standard InChI is InChI=1S/C13H17N3O/c17-9-16-8-2-4-12(16)11-3-1-7-14-13(11)15-10-5-6-10/h1,3,7,9-10,12H,2,4-6,8H2,(H,14,15)/t12-/m0/s1. The molecule has 0 unspecified atom stereocenters. The topological polar surface area (TPSA) is 45.2 Å². The second-order valence-corrected chi connectivity index (χ2v) is 4.86. The summed E-state index contributed by atoms with van der Waals surface area (Å²) in [6.07, 6.45) is 7.38. The molecule has 1 saturated carbocycles. The monoisotopic (exact) mass is 231 g/mol. The van der Waals surface area contributed by atoms with Crippen LogP contribution >= 0.6 is 0 Å². The third-order valence-corrected chi connectivity index (χ3v) is 3.55. The van der Waals surface area contributed by atoms with Crippen molar-refractivity contribution in [3.05, 3.63) is 23.9 Å². The molecule has 0 bridgehead atoms. The van der Waals surface area contributed by atoms with E-state index in [1.807, 2.05) is 17.2 Å². The SMILES string of the molecule is O=CN1CCC[C@H]1c1cccnc1NC1CC1. The summed E-state index contributed by atoms with van der Waals surface area (Å²) in [5.41, 5.74) is 1.17. The molecule has 1 aliphatic carbocycles. The van der Waals surface area contributed by atoms with Crippen molar-refractivity contribution in [2.24, 2.45) is 0 Å². The summed E-state index contributed by atoms with van der Waals surface area (Å²) in [7, 11) is 0. The number of amides is 1. The van der Waals surface area contributed by atoms with Crippen molar-refractivity contribution in [2.45, 2.75) is 37.8 Å². The van der Waals surface area contributed by atoms with Gasteiger partial charge in [0.2, 0.25) is 6.41 Å². The molecule has 4 heteroatoms. The Morgan fingerprint density at radius 2 is 2.29 bits per heavy atom. The van der Waals surface area contributed by atoms with E-state index in [0.717, 1.165) is 31.6 Å². The van der Waals surface area contributed by atoms with E-state index in [9.17, 15) is 4.79 Å². The Kier molecular flexibility index (Phi) is 2.71. The van der Waals surface area contributed by atoms with Gasteiger partial charge in [0.1, 0.15) is 5.82 Å². The van der Waals surface area contributed by atoms with Crippen LogP contribution in [0.25, 0.3) is 0 Å². The molecule has 2 heterocycles. The Morgan fingerprint density at radius 1 is 1.41 bits per heavy atom. The van der Waals surface area contributed by atoms with E-state index in [1.54, 1.807) is 0 Å². The van der Waals surface area contributed by atoms with Crippen LogP contribution in [0.15, 0.2) is 18.3 Å². The Hall–Kier alpha value is -1.58. The van der Waals surface area contributed by atoms with Crippen molar-refractivity contribution >= 4 is 12.2 Å². The molecule has 0 radical (unpaired) electrons. The molecule has 3 rings (SSSR count). The molecule has 2 aliphatic rings. The van der Waals surface area contributed by atoms with Gasteiger partial charge in [0.05, 0.1) is 6.04 Å². The fourth-order valence-corrected chi connectivity index (χ4v) is 2.48. The van der Waals surface area contributed by atoms with E-state index >= 15 is 0 Å². The second kappa shape index (κ2) is 4.35. The molecular formula is C13H17N3O. The van der Waals surface area contributed by atoms with Crippen LogP contribution in [0, 0.1) is 0 Å². The number of rotatable bonds is 4. The Bertz CT molecular complexity index is 417. The molecule has 1 saturated heterocycles. The molecular weight excluding hydrogens is 214 g/mol. The fourth-order valence-electron chi connectivity index (χ4n) is 2.48.